The molecule has 0 aromatic heterocycles. The predicted molar refractivity (Wildman–Crippen MR) is 214 cm³/mol. The highest BCUT2D eigenvalue weighted by Gasteiger charge is 2.46. The van der Waals surface area contributed by atoms with E-state index >= 15 is 0 Å². The molecule has 0 radical (unpaired) electrons. The lowest BCUT2D eigenvalue weighted by Gasteiger charge is -2.35. The van der Waals surface area contributed by atoms with Crippen molar-refractivity contribution in [3.05, 3.63) is 35.9 Å². The van der Waals surface area contributed by atoms with Crippen LogP contribution in [0, 0.1) is 11.8 Å². The van der Waals surface area contributed by atoms with Crippen LogP contribution in [0.4, 0.5) is 0 Å². The Kier molecular flexibility index (Phi) is 18.1. The van der Waals surface area contributed by atoms with Crippen LogP contribution < -0.4 is 26.4 Å². The van der Waals surface area contributed by atoms with Crippen molar-refractivity contribution in [3.63, 3.8) is 0 Å². The quantitative estimate of drug-likeness (QED) is 0.0895. The summed E-state index contributed by atoms with van der Waals surface area (Å²) in [5.41, 5.74) is 5.42. The molecular weight excluding hydrogens is 757 g/mol. The molecule has 1 aliphatic heterocycles. The van der Waals surface area contributed by atoms with Gasteiger partial charge in [-0.15, -0.1) is 0 Å². The molecule has 1 saturated carbocycles. The Morgan fingerprint density at radius 2 is 1.61 bits per heavy atom. The van der Waals surface area contributed by atoms with Crippen molar-refractivity contribution >= 4 is 45.3 Å². The third-order valence-corrected chi connectivity index (χ3v) is 10.6. The molecule has 2 fully saturated rings. The summed E-state index contributed by atoms with van der Waals surface area (Å²) in [6.45, 7) is 10.9. The van der Waals surface area contributed by atoms with Gasteiger partial charge in [-0.1, -0.05) is 76.8 Å². The number of hydrogen-bond donors (Lipinski definition) is 5. The van der Waals surface area contributed by atoms with Crippen LogP contribution in [0.15, 0.2) is 30.3 Å². The SMILES string of the molecule is CCCC(NC(=O)C1CC(OC(C)(C)C)CN1C(=O)C(NC(=O)C(CC(C)C)NS(C)(=O)=O)C1CCCCC1)C(=O)C(=O)NCCOC(C(N)=O)c1ccccc1. The molecule has 57 heavy (non-hydrogen) atoms. The zero-order valence-electron chi connectivity index (χ0n) is 34.5. The van der Waals surface area contributed by atoms with Crippen LogP contribution in [0.2, 0.25) is 0 Å². The van der Waals surface area contributed by atoms with Crippen molar-refractivity contribution in [1.29, 1.82) is 0 Å². The lowest BCUT2D eigenvalue weighted by Crippen LogP contribution is -2.60. The maximum Gasteiger partial charge on any atom is 0.289 e. The molecule has 6 N–H and O–H groups in total. The number of ketones is 1. The van der Waals surface area contributed by atoms with Crippen LogP contribution in [-0.4, -0.2) is 110 Å². The first-order chi connectivity index (χ1) is 26.7. The number of likely N-dealkylation sites (tertiary alicyclic amines) is 1. The van der Waals surface area contributed by atoms with Gasteiger partial charge in [0, 0.05) is 19.5 Å². The molecule has 2 aliphatic rings. The normalized spacial score (nSPS) is 20.0. The topological polar surface area (TPSA) is 232 Å². The first-order valence-corrected chi connectivity index (χ1v) is 21.9. The largest absolute Gasteiger partial charge is 0.371 e. The van der Waals surface area contributed by atoms with E-state index in [4.69, 9.17) is 15.2 Å². The molecule has 0 bridgehead atoms. The van der Waals surface area contributed by atoms with E-state index in [1.165, 1.54) is 4.90 Å². The third-order valence-electron chi connectivity index (χ3n) is 9.90. The number of nitrogens with two attached hydrogens (primary N) is 1. The second kappa shape index (κ2) is 21.7. The molecule has 1 saturated heterocycles. The summed E-state index contributed by atoms with van der Waals surface area (Å²) < 4.78 is 38.7. The summed E-state index contributed by atoms with van der Waals surface area (Å²) in [5, 5.41) is 8.10. The Balaban J connectivity index is 1.81. The van der Waals surface area contributed by atoms with E-state index in [1.807, 2.05) is 34.6 Å². The van der Waals surface area contributed by atoms with Gasteiger partial charge in [-0.3, -0.25) is 28.8 Å². The Morgan fingerprint density at radius 1 is 0.965 bits per heavy atom. The Labute approximate surface area is 337 Å². The lowest BCUT2D eigenvalue weighted by atomic mass is 9.83. The van der Waals surface area contributed by atoms with Crippen LogP contribution in [0.25, 0.3) is 0 Å². The van der Waals surface area contributed by atoms with Crippen molar-refractivity contribution in [2.45, 2.75) is 141 Å². The van der Waals surface area contributed by atoms with E-state index < -0.39 is 87.3 Å². The van der Waals surface area contributed by atoms with E-state index in [1.54, 1.807) is 37.3 Å². The van der Waals surface area contributed by atoms with Gasteiger partial charge in [-0.2, -0.15) is 0 Å². The van der Waals surface area contributed by atoms with Crippen LogP contribution >= 0.6 is 0 Å². The molecule has 16 nitrogen and oxygen atoms in total. The molecule has 1 aromatic carbocycles. The fourth-order valence-electron chi connectivity index (χ4n) is 7.48. The summed E-state index contributed by atoms with van der Waals surface area (Å²) in [6.07, 6.45) is 4.22. The number of amides is 5. The monoisotopic (exact) mass is 820 g/mol. The molecule has 6 unspecified atom stereocenters. The van der Waals surface area contributed by atoms with E-state index in [0.29, 0.717) is 24.8 Å². The molecule has 1 heterocycles. The number of benzene rings is 1. The van der Waals surface area contributed by atoms with Gasteiger partial charge >= 0.3 is 0 Å². The number of rotatable bonds is 21. The smallest absolute Gasteiger partial charge is 0.289 e. The second-order valence-electron chi connectivity index (χ2n) is 16.6. The number of ether oxygens (including phenoxy) is 2. The number of Topliss-reactive ketones (excluding diaryl/α,β-unsaturated/α-hetero) is 1. The van der Waals surface area contributed by atoms with Crippen molar-refractivity contribution in [1.82, 2.24) is 25.6 Å². The van der Waals surface area contributed by atoms with Gasteiger partial charge < -0.3 is 36.1 Å². The minimum Gasteiger partial charge on any atom is -0.371 e. The number of carbonyl (C=O) groups is 6. The van der Waals surface area contributed by atoms with E-state index in [2.05, 4.69) is 20.7 Å². The molecule has 3 rings (SSSR count). The highest BCUT2D eigenvalue weighted by atomic mass is 32.2. The second-order valence-corrected chi connectivity index (χ2v) is 18.4. The number of sulfonamides is 1. The van der Waals surface area contributed by atoms with E-state index in [0.717, 1.165) is 25.5 Å². The van der Waals surface area contributed by atoms with Crippen LogP contribution in [-0.2, 0) is 48.3 Å². The number of nitrogens with zero attached hydrogens (tertiary/aromatic N) is 1. The van der Waals surface area contributed by atoms with E-state index in [9.17, 15) is 37.2 Å². The van der Waals surface area contributed by atoms with Crippen molar-refractivity contribution < 1.29 is 46.7 Å². The molecule has 5 amide bonds. The molecule has 320 valence electrons. The van der Waals surface area contributed by atoms with Gasteiger partial charge in [0.2, 0.25) is 33.5 Å². The lowest BCUT2D eigenvalue weighted by molar-refractivity contribution is -0.145. The highest BCUT2D eigenvalue weighted by Crippen LogP contribution is 2.31. The summed E-state index contributed by atoms with van der Waals surface area (Å²) in [4.78, 5) is 82.4. The highest BCUT2D eigenvalue weighted by molar-refractivity contribution is 7.88. The molecule has 6 atom stereocenters. The van der Waals surface area contributed by atoms with Gasteiger partial charge in [0.15, 0.2) is 6.10 Å². The van der Waals surface area contributed by atoms with E-state index in [-0.39, 0.29) is 50.8 Å². The maximum atomic E-state index is 14.7. The Hall–Kier alpha value is -3.93. The van der Waals surface area contributed by atoms with Gasteiger partial charge in [-0.05, 0) is 63.9 Å². The average Bonchev–Trinajstić information content (AvgIpc) is 3.54. The summed E-state index contributed by atoms with van der Waals surface area (Å²) >= 11 is 0. The minimum absolute atomic E-state index is 0.0342. The zero-order chi connectivity index (χ0) is 42.5. The molecular formula is C40H64N6O10S. The van der Waals surface area contributed by atoms with Crippen molar-refractivity contribution in [3.8, 4) is 0 Å². The number of carbonyl (C=O) groups excluding carboxylic acids is 6. The molecule has 1 aliphatic carbocycles. The predicted octanol–water partition coefficient (Wildman–Crippen LogP) is 2.01. The van der Waals surface area contributed by atoms with Gasteiger partial charge in [0.1, 0.15) is 18.1 Å². The molecule has 0 spiro atoms. The van der Waals surface area contributed by atoms with Crippen LogP contribution in [0.5, 0.6) is 0 Å². The number of hydrogen-bond acceptors (Lipinski definition) is 10. The first kappa shape index (κ1) is 47.4. The van der Waals surface area contributed by atoms with Crippen LogP contribution in [0.1, 0.15) is 111 Å². The Morgan fingerprint density at radius 3 is 2.18 bits per heavy atom. The number of primary amides is 1. The molecule has 17 heteroatoms. The van der Waals surface area contributed by atoms with Crippen molar-refractivity contribution in [2.24, 2.45) is 17.6 Å². The fourth-order valence-corrected chi connectivity index (χ4v) is 8.20. The summed E-state index contributed by atoms with van der Waals surface area (Å²) in [5.74, 6) is -4.63. The summed E-state index contributed by atoms with van der Waals surface area (Å²) in [6, 6.07) is 4.14. The van der Waals surface area contributed by atoms with Gasteiger partial charge in [-0.25, -0.2) is 13.1 Å². The van der Waals surface area contributed by atoms with Crippen LogP contribution in [0.3, 0.4) is 0 Å². The van der Waals surface area contributed by atoms with Gasteiger partial charge in [0.25, 0.3) is 11.8 Å². The fraction of sp³-hybridized carbons (Fsp3) is 0.700. The standard InChI is InChI=1S/C40H64N6O10S/c1-8-15-29(33(47)38(51)42-20-21-55-34(35(41)48)27-18-13-10-14-19-27)43-37(50)31-23-28(56-40(4,5)6)24-46(31)39(52)32(26-16-11-9-12-17-26)44-36(49)30(22-25(2)3)45-57(7,53)54/h10,13-14,18-19,25-26,28-32,34,45H,8-9,11-12,15-17,20-24H2,1-7H3,(H2,41,48)(H,42,51)(H,43,50)(H,44,49). The third kappa shape index (κ3) is 15.4. The number of nitrogens with one attached hydrogen (secondary N) is 4. The van der Waals surface area contributed by atoms with Crippen molar-refractivity contribution in [2.75, 3.05) is 26.0 Å². The van der Waals surface area contributed by atoms with Gasteiger partial charge in [0.05, 0.1) is 30.6 Å². The molecule has 1 aromatic rings. The first-order valence-electron chi connectivity index (χ1n) is 20.0. The minimum atomic E-state index is -3.76. The average molecular weight is 821 g/mol. The maximum absolute atomic E-state index is 14.7. The summed E-state index contributed by atoms with van der Waals surface area (Å²) in [7, 11) is -3.76. The zero-order valence-corrected chi connectivity index (χ0v) is 35.3. The Bertz CT molecular complexity index is 1640.